The van der Waals surface area contributed by atoms with Gasteiger partial charge >= 0.3 is 11.7 Å². The molecule has 10 heteroatoms. The molecule has 9 nitrogen and oxygen atoms in total. The molecule has 1 aliphatic heterocycles. The molecule has 1 heterocycles. The Bertz CT molecular complexity index is 1030. The number of nitrogens with zero attached hydrogens (tertiary/aromatic N) is 2. The molecule has 0 saturated carbocycles. The van der Waals surface area contributed by atoms with Crippen LogP contribution in [0.15, 0.2) is 52.5 Å². The van der Waals surface area contributed by atoms with Gasteiger partial charge in [-0.1, -0.05) is 22.0 Å². The quantitative estimate of drug-likeness (QED) is 0.334. The second kappa shape index (κ2) is 7.61. The first kappa shape index (κ1) is 19.2. The molecule has 1 N–H and O–H groups in total. The van der Waals surface area contributed by atoms with Crippen LogP contribution in [0, 0.1) is 10.1 Å². The highest BCUT2D eigenvalue weighted by atomic mass is 79.9. The number of nitro benzene ring substituents is 1. The number of halogens is 1. The summed E-state index contributed by atoms with van der Waals surface area (Å²) in [7, 11) is 1.29. The summed E-state index contributed by atoms with van der Waals surface area (Å²) >= 11 is 3.26. The van der Waals surface area contributed by atoms with Crippen molar-refractivity contribution in [2.45, 2.75) is 0 Å². The standard InChI is InChI=1S/C18H12BrN3O6/c1-28-15-7-2-10(9-14(15)22(26)27)8-13-16(23)20-18(25)21(17(13)24)12-5-3-11(19)4-6-12/h2-9H,1H3,(H,20,23,25). The maximum absolute atomic E-state index is 12.8. The summed E-state index contributed by atoms with van der Waals surface area (Å²) in [6, 6.07) is 9.46. The van der Waals surface area contributed by atoms with Gasteiger partial charge < -0.3 is 4.74 Å². The summed E-state index contributed by atoms with van der Waals surface area (Å²) in [5.74, 6) is -1.69. The number of amides is 4. The molecule has 142 valence electrons. The highest BCUT2D eigenvalue weighted by Crippen LogP contribution is 2.29. The van der Waals surface area contributed by atoms with Gasteiger partial charge in [0.05, 0.1) is 17.7 Å². The van der Waals surface area contributed by atoms with Crippen molar-refractivity contribution in [3.8, 4) is 5.75 Å². The van der Waals surface area contributed by atoms with Crippen LogP contribution in [-0.2, 0) is 9.59 Å². The molecular formula is C18H12BrN3O6. The number of hydrogen-bond acceptors (Lipinski definition) is 6. The second-order valence-corrected chi connectivity index (χ2v) is 6.54. The molecule has 2 aromatic rings. The van der Waals surface area contributed by atoms with E-state index in [-0.39, 0.29) is 28.3 Å². The Balaban J connectivity index is 2.03. The van der Waals surface area contributed by atoms with E-state index in [0.29, 0.717) is 0 Å². The van der Waals surface area contributed by atoms with Crippen molar-refractivity contribution in [3.63, 3.8) is 0 Å². The molecule has 4 amide bonds. The van der Waals surface area contributed by atoms with Gasteiger partial charge in [-0.2, -0.15) is 0 Å². The number of ether oxygens (including phenoxy) is 1. The Kier molecular flexibility index (Phi) is 5.23. The third-order valence-corrected chi connectivity index (χ3v) is 4.43. The Morgan fingerprint density at radius 1 is 1.14 bits per heavy atom. The zero-order chi connectivity index (χ0) is 20.4. The Labute approximate surface area is 166 Å². The van der Waals surface area contributed by atoms with Gasteiger partial charge in [0.25, 0.3) is 11.8 Å². The highest BCUT2D eigenvalue weighted by molar-refractivity contribution is 9.10. The van der Waals surface area contributed by atoms with Crippen LogP contribution in [0.25, 0.3) is 6.08 Å². The molecule has 0 atom stereocenters. The first-order valence-corrected chi connectivity index (χ1v) is 8.60. The number of methoxy groups -OCH3 is 1. The zero-order valence-corrected chi connectivity index (χ0v) is 15.9. The second-order valence-electron chi connectivity index (χ2n) is 5.62. The minimum absolute atomic E-state index is 0.0400. The number of urea groups is 1. The fourth-order valence-electron chi connectivity index (χ4n) is 2.59. The van der Waals surface area contributed by atoms with Crippen LogP contribution in [0.3, 0.4) is 0 Å². The van der Waals surface area contributed by atoms with Crippen LogP contribution in [0.2, 0.25) is 0 Å². The van der Waals surface area contributed by atoms with Crippen molar-refractivity contribution in [1.82, 2.24) is 5.32 Å². The molecule has 0 spiro atoms. The van der Waals surface area contributed by atoms with Gasteiger partial charge in [0.15, 0.2) is 5.75 Å². The lowest BCUT2D eigenvalue weighted by Gasteiger charge is -2.26. The highest BCUT2D eigenvalue weighted by Gasteiger charge is 2.36. The average Bonchev–Trinajstić information content (AvgIpc) is 2.66. The Morgan fingerprint density at radius 2 is 1.82 bits per heavy atom. The predicted octanol–water partition coefficient (Wildman–Crippen LogP) is 3.03. The van der Waals surface area contributed by atoms with Crippen molar-refractivity contribution in [3.05, 3.63) is 68.2 Å². The molecule has 1 fully saturated rings. The van der Waals surface area contributed by atoms with Gasteiger partial charge in [-0.15, -0.1) is 0 Å². The van der Waals surface area contributed by atoms with Gasteiger partial charge in [0.2, 0.25) is 0 Å². The average molecular weight is 446 g/mol. The van der Waals surface area contributed by atoms with Crippen molar-refractivity contribution < 1.29 is 24.0 Å². The maximum Gasteiger partial charge on any atom is 0.335 e. The summed E-state index contributed by atoms with van der Waals surface area (Å²) < 4.78 is 5.68. The molecule has 0 unspecified atom stereocenters. The number of hydrogen-bond donors (Lipinski definition) is 1. The molecular weight excluding hydrogens is 434 g/mol. The van der Waals surface area contributed by atoms with E-state index in [1.165, 1.54) is 43.5 Å². The van der Waals surface area contributed by atoms with Gasteiger partial charge in [0, 0.05) is 10.5 Å². The molecule has 0 radical (unpaired) electrons. The number of imide groups is 2. The van der Waals surface area contributed by atoms with Crippen molar-refractivity contribution in [2.75, 3.05) is 12.0 Å². The van der Waals surface area contributed by atoms with E-state index in [1.807, 2.05) is 0 Å². The maximum atomic E-state index is 12.8. The van der Waals surface area contributed by atoms with Crippen LogP contribution in [-0.4, -0.2) is 29.9 Å². The van der Waals surface area contributed by atoms with Crippen LogP contribution < -0.4 is 15.0 Å². The number of carbonyl (C=O) groups excluding carboxylic acids is 3. The van der Waals surface area contributed by atoms with E-state index in [9.17, 15) is 24.5 Å². The minimum atomic E-state index is -0.887. The summed E-state index contributed by atoms with van der Waals surface area (Å²) in [6.07, 6.45) is 1.18. The van der Waals surface area contributed by atoms with Crippen LogP contribution in [0.1, 0.15) is 5.56 Å². The number of nitrogens with one attached hydrogen (secondary N) is 1. The lowest BCUT2D eigenvalue weighted by Crippen LogP contribution is -2.54. The third kappa shape index (κ3) is 3.62. The predicted molar refractivity (Wildman–Crippen MR) is 103 cm³/mol. The SMILES string of the molecule is COc1ccc(C=C2C(=O)NC(=O)N(c3ccc(Br)cc3)C2=O)cc1[N+](=O)[O-]. The molecule has 28 heavy (non-hydrogen) atoms. The van der Waals surface area contributed by atoms with E-state index < -0.39 is 22.8 Å². The fourth-order valence-corrected chi connectivity index (χ4v) is 2.85. The molecule has 2 aromatic carbocycles. The van der Waals surface area contributed by atoms with Gasteiger partial charge in [0.1, 0.15) is 5.57 Å². The summed E-state index contributed by atoms with van der Waals surface area (Å²) in [5.41, 5.74) is -0.149. The number of barbiturate groups is 1. The largest absolute Gasteiger partial charge is 0.490 e. The lowest BCUT2D eigenvalue weighted by atomic mass is 10.1. The van der Waals surface area contributed by atoms with E-state index in [2.05, 4.69) is 21.2 Å². The van der Waals surface area contributed by atoms with E-state index in [1.54, 1.807) is 12.1 Å². The monoisotopic (exact) mass is 445 g/mol. The van der Waals surface area contributed by atoms with Crippen molar-refractivity contribution in [1.29, 1.82) is 0 Å². The summed E-state index contributed by atoms with van der Waals surface area (Å²) in [6.45, 7) is 0. The third-order valence-electron chi connectivity index (χ3n) is 3.90. The first-order valence-electron chi connectivity index (χ1n) is 7.81. The fraction of sp³-hybridized carbons (Fsp3) is 0.0556. The molecule has 0 aromatic heterocycles. The number of benzene rings is 2. The lowest BCUT2D eigenvalue weighted by molar-refractivity contribution is -0.385. The topological polar surface area (TPSA) is 119 Å². The number of nitro groups is 1. The zero-order valence-electron chi connectivity index (χ0n) is 14.3. The van der Waals surface area contributed by atoms with Gasteiger partial charge in [-0.25, -0.2) is 9.69 Å². The van der Waals surface area contributed by atoms with E-state index in [4.69, 9.17) is 4.74 Å². The smallest absolute Gasteiger partial charge is 0.335 e. The van der Waals surface area contributed by atoms with Crippen LogP contribution >= 0.6 is 15.9 Å². The van der Waals surface area contributed by atoms with E-state index in [0.717, 1.165) is 9.37 Å². The molecule has 0 aliphatic carbocycles. The Hall–Kier alpha value is -3.53. The number of rotatable bonds is 4. The van der Waals surface area contributed by atoms with Crippen LogP contribution in [0.4, 0.5) is 16.2 Å². The van der Waals surface area contributed by atoms with Crippen molar-refractivity contribution >= 4 is 51.2 Å². The molecule has 1 aliphatic rings. The minimum Gasteiger partial charge on any atom is -0.490 e. The molecule has 3 rings (SSSR count). The Morgan fingerprint density at radius 3 is 2.43 bits per heavy atom. The number of carbonyl (C=O) groups is 3. The van der Waals surface area contributed by atoms with Gasteiger partial charge in [-0.05, 0) is 42.0 Å². The van der Waals surface area contributed by atoms with Gasteiger partial charge in [-0.3, -0.25) is 25.0 Å². The normalized spacial score (nSPS) is 15.6. The number of anilines is 1. The van der Waals surface area contributed by atoms with E-state index >= 15 is 0 Å². The summed E-state index contributed by atoms with van der Waals surface area (Å²) in [5, 5.41) is 13.3. The molecule has 1 saturated heterocycles. The van der Waals surface area contributed by atoms with Crippen LogP contribution in [0.5, 0.6) is 5.75 Å². The first-order chi connectivity index (χ1) is 13.3. The molecule has 0 bridgehead atoms. The summed E-state index contributed by atoms with van der Waals surface area (Å²) in [4.78, 5) is 48.5. The van der Waals surface area contributed by atoms with Crippen molar-refractivity contribution in [2.24, 2.45) is 0 Å².